The van der Waals surface area contributed by atoms with Gasteiger partial charge in [-0.15, -0.1) is 0 Å². The van der Waals surface area contributed by atoms with Crippen LogP contribution in [0.15, 0.2) is 42.5 Å². The Balaban J connectivity index is 1.57. The Morgan fingerprint density at radius 1 is 1.11 bits per heavy atom. The van der Waals surface area contributed by atoms with Crippen LogP contribution in [0, 0.1) is 24.0 Å². The molecule has 148 valence electrons. The van der Waals surface area contributed by atoms with E-state index in [1.165, 1.54) is 12.1 Å². The summed E-state index contributed by atoms with van der Waals surface area (Å²) < 4.78 is 26.7. The van der Waals surface area contributed by atoms with E-state index in [0.29, 0.717) is 31.5 Å². The lowest BCUT2D eigenvalue weighted by Gasteiger charge is -2.38. The van der Waals surface area contributed by atoms with Crippen molar-refractivity contribution >= 4 is 11.8 Å². The quantitative estimate of drug-likeness (QED) is 0.868. The molecule has 2 aromatic carbocycles. The third-order valence-corrected chi connectivity index (χ3v) is 5.42. The van der Waals surface area contributed by atoms with Gasteiger partial charge in [0.2, 0.25) is 5.91 Å². The van der Waals surface area contributed by atoms with Gasteiger partial charge in [-0.3, -0.25) is 9.59 Å². The van der Waals surface area contributed by atoms with Gasteiger partial charge in [-0.1, -0.05) is 30.7 Å². The van der Waals surface area contributed by atoms with E-state index in [0.717, 1.165) is 11.6 Å². The molecule has 0 radical (unpaired) electrons. The number of amides is 2. The van der Waals surface area contributed by atoms with E-state index in [1.807, 2.05) is 32.0 Å². The lowest BCUT2D eigenvalue weighted by atomic mass is 9.79. The summed E-state index contributed by atoms with van der Waals surface area (Å²) in [6.45, 7) is 4.78. The maximum atomic E-state index is 13.7. The van der Waals surface area contributed by atoms with Crippen molar-refractivity contribution in [2.24, 2.45) is 5.41 Å². The average molecular weight is 386 g/mol. The highest BCUT2D eigenvalue weighted by Gasteiger charge is 2.38. The largest absolute Gasteiger partial charge is 0.351 e. The topological polar surface area (TPSA) is 49.4 Å². The number of aryl methyl sites for hydroxylation is 1. The van der Waals surface area contributed by atoms with Gasteiger partial charge in [0, 0.05) is 42.2 Å². The van der Waals surface area contributed by atoms with Crippen LogP contribution in [0.4, 0.5) is 8.78 Å². The molecule has 0 aliphatic carbocycles. The second-order valence-electron chi connectivity index (χ2n) is 7.64. The van der Waals surface area contributed by atoms with Gasteiger partial charge in [0.05, 0.1) is 0 Å². The Bertz CT molecular complexity index is 890. The molecule has 0 aromatic heterocycles. The van der Waals surface area contributed by atoms with Crippen LogP contribution in [0.3, 0.4) is 0 Å². The van der Waals surface area contributed by atoms with E-state index in [9.17, 15) is 18.4 Å². The zero-order chi connectivity index (χ0) is 20.3. The van der Waals surface area contributed by atoms with Gasteiger partial charge in [0.15, 0.2) is 0 Å². The fourth-order valence-corrected chi connectivity index (χ4v) is 3.45. The van der Waals surface area contributed by atoms with Crippen molar-refractivity contribution in [1.29, 1.82) is 0 Å². The average Bonchev–Trinajstić information content (AvgIpc) is 2.67. The lowest BCUT2D eigenvalue weighted by molar-refractivity contribution is -0.132. The van der Waals surface area contributed by atoms with Crippen molar-refractivity contribution in [3.63, 3.8) is 0 Å². The maximum Gasteiger partial charge on any atom is 0.253 e. The Labute approximate surface area is 163 Å². The number of nitrogens with one attached hydrogen (secondary N) is 1. The van der Waals surface area contributed by atoms with Crippen LogP contribution < -0.4 is 5.32 Å². The minimum absolute atomic E-state index is 0.00642. The summed E-state index contributed by atoms with van der Waals surface area (Å²) in [5.41, 5.74) is 1.30. The van der Waals surface area contributed by atoms with E-state index < -0.39 is 17.0 Å². The Kier molecular flexibility index (Phi) is 5.77. The second-order valence-corrected chi connectivity index (χ2v) is 7.64. The number of carbonyl (C=O) groups is 2. The number of hydrogen-bond acceptors (Lipinski definition) is 2. The van der Waals surface area contributed by atoms with Crippen LogP contribution in [-0.4, -0.2) is 29.8 Å². The summed E-state index contributed by atoms with van der Waals surface area (Å²) >= 11 is 0. The van der Waals surface area contributed by atoms with E-state index in [1.54, 1.807) is 11.0 Å². The van der Waals surface area contributed by atoms with E-state index in [-0.39, 0.29) is 23.9 Å². The number of hydrogen-bond donors (Lipinski definition) is 1. The molecule has 0 atom stereocenters. The van der Waals surface area contributed by atoms with Crippen LogP contribution >= 0.6 is 0 Å². The van der Waals surface area contributed by atoms with Gasteiger partial charge in [0.25, 0.3) is 5.91 Å². The molecule has 2 amide bonds. The highest BCUT2D eigenvalue weighted by molar-refractivity contribution is 5.94. The molecular weight excluding hydrogens is 362 g/mol. The van der Waals surface area contributed by atoms with E-state index in [2.05, 4.69) is 5.32 Å². The second kappa shape index (κ2) is 8.09. The van der Waals surface area contributed by atoms with Crippen LogP contribution in [0.5, 0.6) is 0 Å². The zero-order valence-corrected chi connectivity index (χ0v) is 16.1. The molecule has 1 N–H and O–H groups in total. The molecule has 3 rings (SSSR count). The van der Waals surface area contributed by atoms with Crippen molar-refractivity contribution in [3.8, 4) is 0 Å². The summed E-state index contributed by atoms with van der Waals surface area (Å²) in [7, 11) is 0. The molecule has 0 spiro atoms. The monoisotopic (exact) mass is 386 g/mol. The van der Waals surface area contributed by atoms with Crippen molar-refractivity contribution in [2.45, 2.75) is 33.2 Å². The van der Waals surface area contributed by atoms with Gasteiger partial charge in [-0.25, -0.2) is 8.78 Å². The van der Waals surface area contributed by atoms with Gasteiger partial charge >= 0.3 is 0 Å². The Hall–Kier alpha value is -2.76. The summed E-state index contributed by atoms with van der Waals surface area (Å²) in [6, 6.07) is 10.8. The number of nitrogens with zero attached hydrogens (tertiary/aromatic N) is 1. The van der Waals surface area contributed by atoms with Crippen molar-refractivity contribution in [3.05, 3.63) is 70.8 Å². The zero-order valence-electron chi connectivity index (χ0n) is 16.1. The number of piperidine rings is 1. The minimum atomic E-state index is -0.677. The van der Waals surface area contributed by atoms with Crippen LogP contribution in [-0.2, 0) is 11.3 Å². The van der Waals surface area contributed by atoms with Crippen LogP contribution in [0.25, 0.3) is 0 Å². The van der Waals surface area contributed by atoms with Crippen LogP contribution in [0.1, 0.15) is 41.3 Å². The molecule has 2 aromatic rings. The predicted octanol–water partition coefficient (Wildman–Crippen LogP) is 3.83. The number of carbonyl (C=O) groups excluding carboxylic acids is 2. The van der Waals surface area contributed by atoms with Gasteiger partial charge in [-0.2, -0.15) is 0 Å². The molecule has 0 bridgehead atoms. The van der Waals surface area contributed by atoms with Gasteiger partial charge in [-0.05, 0) is 38.0 Å². The van der Waals surface area contributed by atoms with Crippen molar-refractivity contribution in [1.82, 2.24) is 10.2 Å². The van der Waals surface area contributed by atoms with Crippen molar-refractivity contribution < 1.29 is 18.4 Å². The first-order valence-corrected chi connectivity index (χ1v) is 9.37. The molecule has 1 aliphatic rings. The lowest BCUT2D eigenvalue weighted by Crippen LogP contribution is -2.48. The molecule has 0 saturated carbocycles. The molecule has 6 heteroatoms. The first kappa shape index (κ1) is 20.0. The third kappa shape index (κ3) is 4.38. The molecule has 1 aliphatic heterocycles. The first-order chi connectivity index (χ1) is 13.3. The first-order valence-electron chi connectivity index (χ1n) is 9.37. The van der Waals surface area contributed by atoms with Crippen molar-refractivity contribution in [2.75, 3.05) is 13.1 Å². The molecule has 1 saturated heterocycles. The van der Waals surface area contributed by atoms with Gasteiger partial charge < -0.3 is 10.2 Å². The maximum absolute atomic E-state index is 13.7. The normalized spacial score (nSPS) is 15.9. The summed E-state index contributed by atoms with van der Waals surface area (Å²) in [5, 5.41) is 2.75. The molecule has 28 heavy (non-hydrogen) atoms. The molecule has 4 nitrogen and oxygen atoms in total. The minimum Gasteiger partial charge on any atom is -0.351 e. The number of benzene rings is 2. The van der Waals surface area contributed by atoms with Crippen LogP contribution in [0.2, 0.25) is 0 Å². The highest BCUT2D eigenvalue weighted by Crippen LogP contribution is 2.32. The molecule has 1 fully saturated rings. The third-order valence-electron chi connectivity index (χ3n) is 5.42. The standard InChI is InChI=1S/C22H24F2N2O2/c1-15-4-3-5-16(12-15)20(27)26-10-8-22(2,9-11-26)21(28)25-14-17-6-7-18(23)13-19(17)24/h3-7,12-13H,8-11,14H2,1-2H3,(H,25,28). The number of rotatable bonds is 4. The highest BCUT2D eigenvalue weighted by atomic mass is 19.1. The summed E-state index contributed by atoms with van der Waals surface area (Å²) in [6.07, 6.45) is 1.06. The fraction of sp³-hybridized carbons (Fsp3) is 0.364. The Morgan fingerprint density at radius 3 is 2.46 bits per heavy atom. The molecule has 1 heterocycles. The number of halogens is 2. The fourth-order valence-electron chi connectivity index (χ4n) is 3.45. The molecule has 0 unspecified atom stereocenters. The SMILES string of the molecule is Cc1cccc(C(=O)N2CCC(C)(C(=O)NCc3ccc(F)cc3F)CC2)c1. The smallest absolute Gasteiger partial charge is 0.253 e. The predicted molar refractivity (Wildman–Crippen MR) is 103 cm³/mol. The Morgan fingerprint density at radius 2 is 1.82 bits per heavy atom. The number of likely N-dealkylation sites (tertiary alicyclic amines) is 1. The summed E-state index contributed by atoms with van der Waals surface area (Å²) in [4.78, 5) is 27.1. The van der Waals surface area contributed by atoms with Gasteiger partial charge in [0.1, 0.15) is 11.6 Å². The van der Waals surface area contributed by atoms with E-state index >= 15 is 0 Å². The molecular formula is C22H24F2N2O2. The van der Waals surface area contributed by atoms with E-state index in [4.69, 9.17) is 0 Å². The summed E-state index contributed by atoms with van der Waals surface area (Å²) in [5.74, 6) is -1.53.